The number of sulfonamides is 1. The van der Waals surface area contributed by atoms with Gasteiger partial charge in [0.05, 0.1) is 4.90 Å². The summed E-state index contributed by atoms with van der Waals surface area (Å²) in [6.45, 7) is 5.07. The molecular weight excluding hydrogens is 290 g/mol. The van der Waals surface area contributed by atoms with E-state index in [-0.39, 0.29) is 4.90 Å². The minimum atomic E-state index is -3.84. The summed E-state index contributed by atoms with van der Waals surface area (Å²) in [5, 5.41) is 9.25. The van der Waals surface area contributed by atoms with E-state index in [4.69, 9.17) is 0 Å². The molecule has 1 aliphatic carbocycles. The molecule has 0 amide bonds. The summed E-state index contributed by atoms with van der Waals surface area (Å²) in [4.78, 5) is 11.5. The molecule has 5 nitrogen and oxygen atoms in total. The number of carboxylic acid groups (broad SMARTS) is 1. The summed E-state index contributed by atoms with van der Waals surface area (Å²) in [7, 11) is -3.84. The summed E-state index contributed by atoms with van der Waals surface area (Å²) >= 11 is 0. The van der Waals surface area contributed by atoms with Crippen molar-refractivity contribution in [3.05, 3.63) is 29.3 Å². The SMILES string of the molecule is CC(C)(C)C(NS(=O)(=O)c1ccc2c(c1)CCC2)C(=O)O. The van der Waals surface area contributed by atoms with E-state index >= 15 is 0 Å². The largest absolute Gasteiger partial charge is 0.480 e. The topological polar surface area (TPSA) is 83.5 Å². The van der Waals surface area contributed by atoms with Gasteiger partial charge in [-0.3, -0.25) is 4.79 Å². The van der Waals surface area contributed by atoms with Crippen LogP contribution in [0.4, 0.5) is 0 Å². The molecule has 0 radical (unpaired) electrons. The van der Waals surface area contributed by atoms with E-state index in [1.165, 1.54) is 5.56 Å². The van der Waals surface area contributed by atoms with Crippen molar-refractivity contribution in [1.82, 2.24) is 4.72 Å². The second kappa shape index (κ2) is 5.42. The molecule has 1 aromatic rings. The molecule has 1 atom stereocenters. The number of carboxylic acids is 1. The monoisotopic (exact) mass is 311 g/mol. The van der Waals surface area contributed by atoms with Crippen LogP contribution in [0.15, 0.2) is 23.1 Å². The van der Waals surface area contributed by atoms with E-state index in [0.29, 0.717) is 0 Å². The Labute approximate surface area is 125 Å². The van der Waals surface area contributed by atoms with Crippen LogP contribution in [0.25, 0.3) is 0 Å². The van der Waals surface area contributed by atoms with Crippen molar-refractivity contribution >= 4 is 16.0 Å². The number of nitrogens with one attached hydrogen (secondary N) is 1. The Kier molecular flexibility index (Phi) is 4.13. The molecular formula is C15H21NO4S. The summed E-state index contributed by atoms with van der Waals surface area (Å²) in [5.41, 5.74) is 1.51. The van der Waals surface area contributed by atoms with Crippen LogP contribution in [0.2, 0.25) is 0 Å². The predicted molar refractivity (Wildman–Crippen MR) is 79.7 cm³/mol. The summed E-state index contributed by atoms with van der Waals surface area (Å²) in [6.07, 6.45) is 2.88. The molecule has 2 rings (SSSR count). The van der Waals surface area contributed by atoms with Gasteiger partial charge in [0.2, 0.25) is 10.0 Å². The third kappa shape index (κ3) is 3.44. The van der Waals surface area contributed by atoms with Crippen LogP contribution in [0, 0.1) is 5.41 Å². The number of rotatable bonds is 4. The van der Waals surface area contributed by atoms with E-state index in [2.05, 4.69) is 4.72 Å². The molecule has 1 aliphatic rings. The molecule has 0 fully saturated rings. The minimum Gasteiger partial charge on any atom is -0.480 e. The standard InChI is InChI=1S/C15H21NO4S/c1-15(2,3)13(14(17)18)16-21(19,20)12-8-7-10-5-4-6-11(10)9-12/h7-9,13,16H,4-6H2,1-3H3,(H,17,18). The average molecular weight is 311 g/mol. The van der Waals surface area contributed by atoms with Gasteiger partial charge in [0.1, 0.15) is 6.04 Å². The van der Waals surface area contributed by atoms with Crippen molar-refractivity contribution in [2.45, 2.75) is 51.0 Å². The van der Waals surface area contributed by atoms with Crippen LogP contribution >= 0.6 is 0 Å². The molecule has 0 spiro atoms. The van der Waals surface area contributed by atoms with Gasteiger partial charge >= 0.3 is 5.97 Å². The van der Waals surface area contributed by atoms with E-state index in [1.54, 1.807) is 32.9 Å². The molecule has 0 heterocycles. The first kappa shape index (κ1) is 16.0. The first-order valence-corrected chi connectivity index (χ1v) is 8.46. The Morgan fingerprint density at radius 1 is 1.24 bits per heavy atom. The highest BCUT2D eigenvalue weighted by Gasteiger charge is 2.35. The first-order valence-electron chi connectivity index (χ1n) is 6.98. The van der Waals surface area contributed by atoms with Gasteiger partial charge in [-0.15, -0.1) is 0 Å². The normalized spacial score (nSPS) is 16.5. The molecule has 2 N–H and O–H groups in total. The number of hydrogen-bond acceptors (Lipinski definition) is 3. The highest BCUT2D eigenvalue weighted by Crippen LogP contribution is 2.26. The number of hydrogen-bond donors (Lipinski definition) is 2. The van der Waals surface area contributed by atoms with Gasteiger partial charge in [-0.1, -0.05) is 26.8 Å². The molecule has 21 heavy (non-hydrogen) atoms. The molecule has 0 aliphatic heterocycles. The molecule has 1 unspecified atom stereocenters. The lowest BCUT2D eigenvalue weighted by Gasteiger charge is -2.27. The molecule has 0 saturated carbocycles. The van der Waals surface area contributed by atoms with Crippen LogP contribution in [-0.4, -0.2) is 25.5 Å². The molecule has 1 aromatic carbocycles. The highest BCUT2D eigenvalue weighted by molar-refractivity contribution is 7.89. The summed E-state index contributed by atoms with van der Waals surface area (Å²) in [6, 6.07) is 3.86. The van der Waals surface area contributed by atoms with Crippen molar-refractivity contribution in [3.8, 4) is 0 Å². The van der Waals surface area contributed by atoms with Crippen LogP contribution in [0.1, 0.15) is 38.3 Å². The maximum absolute atomic E-state index is 12.4. The first-order chi connectivity index (χ1) is 9.61. The molecule has 116 valence electrons. The van der Waals surface area contributed by atoms with Crippen molar-refractivity contribution in [1.29, 1.82) is 0 Å². The number of fused-ring (bicyclic) bond motifs is 1. The number of benzene rings is 1. The quantitative estimate of drug-likeness (QED) is 0.890. The van der Waals surface area contributed by atoms with Gasteiger partial charge in [0.25, 0.3) is 0 Å². The second-order valence-electron chi connectivity index (χ2n) is 6.54. The van der Waals surface area contributed by atoms with Crippen molar-refractivity contribution in [3.63, 3.8) is 0 Å². The van der Waals surface area contributed by atoms with E-state index in [9.17, 15) is 18.3 Å². The zero-order valence-corrected chi connectivity index (χ0v) is 13.3. The molecule has 0 aromatic heterocycles. The summed E-state index contributed by atoms with van der Waals surface area (Å²) in [5.74, 6) is -1.17. The minimum absolute atomic E-state index is 0.138. The number of aryl methyl sites for hydroxylation is 2. The van der Waals surface area contributed by atoms with Gasteiger partial charge in [-0.25, -0.2) is 8.42 Å². The van der Waals surface area contributed by atoms with Crippen LogP contribution in [0.5, 0.6) is 0 Å². The van der Waals surface area contributed by atoms with Crippen molar-refractivity contribution in [2.75, 3.05) is 0 Å². The van der Waals surface area contributed by atoms with Crippen molar-refractivity contribution < 1.29 is 18.3 Å². The van der Waals surface area contributed by atoms with Crippen LogP contribution < -0.4 is 4.72 Å². The van der Waals surface area contributed by atoms with Crippen molar-refractivity contribution in [2.24, 2.45) is 5.41 Å². The lowest BCUT2D eigenvalue weighted by atomic mass is 9.88. The second-order valence-corrected chi connectivity index (χ2v) is 8.26. The van der Waals surface area contributed by atoms with Crippen LogP contribution in [0.3, 0.4) is 0 Å². The zero-order chi connectivity index (χ0) is 15.8. The Balaban J connectivity index is 2.32. The molecule has 0 bridgehead atoms. The molecule has 6 heteroatoms. The maximum Gasteiger partial charge on any atom is 0.322 e. The fourth-order valence-corrected chi connectivity index (χ4v) is 3.98. The fourth-order valence-electron chi connectivity index (χ4n) is 2.54. The van der Waals surface area contributed by atoms with E-state index in [0.717, 1.165) is 24.8 Å². The third-order valence-electron chi connectivity index (χ3n) is 3.77. The fraction of sp³-hybridized carbons (Fsp3) is 0.533. The van der Waals surface area contributed by atoms with Gasteiger partial charge in [0.15, 0.2) is 0 Å². The Bertz CT molecular complexity index is 659. The van der Waals surface area contributed by atoms with Gasteiger partial charge in [-0.05, 0) is 47.9 Å². The predicted octanol–water partition coefficient (Wildman–Crippen LogP) is 1.95. The van der Waals surface area contributed by atoms with Gasteiger partial charge in [0, 0.05) is 0 Å². The van der Waals surface area contributed by atoms with Gasteiger partial charge in [-0.2, -0.15) is 4.72 Å². The van der Waals surface area contributed by atoms with Gasteiger partial charge < -0.3 is 5.11 Å². The number of carbonyl (C=O) groups is 1. The lowest BCUT2D eigenvalue weighted by molar-refractivity contribution is -0.141. The zero-order valence-electron chi connectivity index (χ0n) is 12.5. The van der Waals surface area contributed by atoms with E-state index < -0.39 is 27.4 Å². The maximum atomic E-state index is 12.4. The average Bonchev–Trinajstić information content (AvgIpc) is 2.81. The smallest absolute Gasteiger partial charge is 0.322 e. The Morgan fingerprint density at radius 2 is 1.86 bits per heavy atom. The summed E-state index contributed by atoms with van der Waals surface area (Å²) < 4.78 is 27.2. The number of aliphatic carboxylic acids is 1. The van der Waals surface area contributed by atoms with Crippen LogP contribution in [-0.2, 0) is 27.7 Å². The third-order valence-corrected chi connectivity index (χ3v) is 5.19. The molecule has 0 saturated heterocycles. The lowest BCUT2D eigenvalue weighted by Crippen LogP contribution is -2.48. The Morgan fingerprint density at radius 3 is 2.43 bits per heavy atom. The van der Waals surface area contributed by atoms with E-state index in [1.807, 2.05) is 6.07 Å². The Hall–Kier alpha value is -1.40. The highest BCUT2D eigenvalue weighted by atomic mass is 32.2.